The van der Waals surface area contributed by atoms with Gasteiger partial charge in [0.2, 0.25) is 5.91 Å². The molecule has 0 spiro atoms. The van der Waals surface area contributed by atoms with E-state index in [1.165, 1.54) is 38.9 Å². The minimum absolute atomic E-state index is 0.0323. The normalized spacial score (nSPS) is 16.0. The second-order valence-electron chi connectivity index (χ2n) is 9.49. The molecule has 172 valence electrons. The SMILES string of the molecule is Cc1cc(C)c(C[C@H](N)C(=O)N[C@@H]2CCNc3cc(C)c(Cc4ccccc4)cc32)c(C)c1. The molecule has 4 nitrogen and oxygen atoms in total. The number of carbonyl (C=O) groups is 1. The molecule has 0 aromatic heterocycles. The molecule has 0 radical (unpaired) electrons. The van der Waals surface area contributed by atoms with Gasteiger partial charge in [-0.2, -0.15) is 0 Å². The molecule has 0 saturated heterocycles. The van der Waals surface area contributed by atoms with Crippen molar-refractivity contribution in [3.05, 3.63) is 99.1 Å². The Morgan fingerprint density at radius 1 is 1.03 bits per heavy atom. The van der Waals surface area contributed by atoms with E-state index in [1.54, 1.807) is 0 Å². The number of hydrogen-bond acceptors (Lipinski definition) is 3. The predicted molar refractivity (Wildman–Crippen MR) is 137 cm³/mol. The summed E-state index contributed by atoms with van der Waals surface area (Å²) in [5, 5.41) is 6.76. The lowest BCUT2D eigenvalue weighted by molar-refractivity contribution is -0.123. The largest absolute Gasteiger partial charge is 0.385 e. The molecule has 2 atom stereocenters. The summed E-state index contributed by atoms with van der Waals surface area (Å²) in [4.78, 5) is 13.1. The molecule has 1 aliphatic rings. The van der Waals surface area contributed by atoms with Gasteiger partial charge in [-0.1, -0.05) is 54.1 Å². The van der Waals surface area contributed by atoms with Crippen LogP contribution in [0.1, 0.15) is 57.0 Å². The number of benzene rings is 3. The Hall–Kier alpha value is -3.11. The Kier molecular flexibility index (Phi) is 6.85. The number of carbonyl (C=O) groups excluding carboxylic acids is 1. The third-order valence-corrected chi connectivity index (χ3v) is 6.79. The van der Waals surface area contributed by atoms with Crippen molar-refractivity contribution in [1.82, 2.24) is 5.32 Å². The van der Waals surface area contributed by atoms with Gasteiger partial charge in [0.25, 0.3) is 0 Å². The van der Waals surface area contributed by atoms with E-state index in [2.05, 4.69) is 86.9 Å². The van der Waals surface area contributed by atoms with Gasteiger partial charge in [0, 0.05) is 12.2 Å². The molecule has 0 bridgehead atoms. The van der Waals surface area contributed by atoms with Gasteiger partial charge in [-0.15, -0.1) is 0 Å². The maximum atomic E-state index is 13.1. The Morgan fingerprint density at radius 2 is 1.73 bits per heavy atom. The fraction of sp³-hybridized carbons (Fsp3) is 0.345. The van der Waals surface area contributed by atoms with Gasteiger partial charge < -0.3 is 16.4 Å². The average Bonchev–Trinajstić information content (AvgIpc) is 2.77. The summed E-state index contributed by atoms with van der Waals surface area (Å²) in [7, 11) is 0. The summed E-state index contributed by atoms with van der Waals surface area (Å²) in [6, 6.07) is 18.7. The van der Waals surface area contributed by atoms with Crippen LogP contribution in [0.5, 0.6) is 0 Å². The van der Waals surface area contributed by atoms with Crippen LogP contribution in [0, 0.1) is 27.7 Å². The molecule has 0 saturated carbocycles. The number of anilines is 1. The smallest absolute Gasteiger partial charge is 0.237 e. The van der Waals surface area contributed by atoms with Crippen LogP contribution in [0.3, 0.4) is 0 Å². The molecule has 0 unspecified atom stereocenters. The predicted octanol–water partition coefficient (Wildman–Crippen LogP) is 5.05. The van der Waals surface area contributed by atoms with Crippen LogP contribution in [0.2, 0.25) is 0 Å². The van der Waals surface area contributed by atoms with E-state index in [9.17, 15) is 4.79 Å². The van der Waals surface area contributed by atoms with Crippen molar-refractivity contribution in [2.24, 2.45) is 5.73 Å². The molecule has 4 N–H and O–H groups in total. The molecule has 1 amide bonds. The lowest BCUT2D eigenvalue weighted by atomic mass is 9.90. The quantitative estimate of drug-likeness (QED) is 0.501. The number of nitrogens with one attached hydrogen (secondary N) is 2. The fourth-order valence-corrected chi connectivity index (χ4v) is 5.00. The molecule has 1 heterocycles. The van der Waals surface area contributed by atoms with Crippen LogP contribution in [0.15, 0.2) is 54.6 Å². The zero-order valence-electron chi connectivity index (χ0n) is 20.2. The van der Waals surface area contributed by atoms with E-state index in [0.717, 1.165) is 30.6 Å². The van der Waals surface area contributed by atoms with Crippen molar-refractivity contribution in [3.63, 3.8) is 0 Å². The molecule has 4 rings (SSSR count). The summed E-state index contributed by atoms with van der Waals surface area (Å²) in [5.74, 6) is -0.0857. The van der Waals surface area contributed by atoms with Gasteiger partial charge in [0.15, 0.2) is 0 Å². The highest BCUT2D eigenvalue weighted by atomic mass is 16.2. The van der Waals surface area contributed by atoms with Gasteiger partial charge in [-0.05, 0) is 92.0 Å². The van der Waals surface area contributed by atoms with E-state index < -0.39 is 6.04 Å². The number of hydrogen-bond donors (Lipinski definition) is 3. The van der Waals surface area contributed by atoms with Gasteiger partial charge in [0.05, 0.1) is 12.1 Å². The van der Waals surface area contributed by atoms with E-state index in [-0.39, 0.29) is 11.9 Å². The lowest BCUT2D eigenvalue weighted by Gasteiger charge is -2.30. The molecular weight excluding hydrogens is 406 g/mol. The number of aryl methyl sites for hydroxylation is 4. The van der Waals surface area contributed by atoms with Crippen molar-refractivity contribution in [1.29, 1.82) is 0 Å². The van der Waals surface area contributed by atoms with Crippen LogP contribution in [-0.2, 0) is 17.6 Å². The number of rotatable bonds is 6. The molecule has 33 heavy (non-hydrogen) atoms. The van der Waals surface area contributed by atoms with Crippen LogP contribution < -0.4 is 16.4 Å². The first-order valence-corrected chi connectivity index (χ1v) is 11.9. The van der Waals surface area contributed by atoms with Gasteiger partial charge >= 0.3 is 0 Å². The lowest BCUT2D eigenvalue weighted by Crippen LogP contribution is -2.44. The maximum absolute atomic E-state index is 13.1. The Labute approximate surface area is 197 Å². The minimum atomic E-state index is -0.572. The third kappa shape index (κ3) is 5.28. The zero-order valence-corrected chi connectivity index (χ0v) is 20.2. The number of nitrogens with two attached hydrogens (primary N) is 1. The van der Waals surface area contributed by atoms with Crippen LogP contribution in [0.4, 0.5) is 5.69 Å². The molecule has 0 fully saturated rings. The first-order valence-electron chi connectivity index (χ1n) is 11.9. The van der Waals surface area contributed by atoms with E-state index in [4.69, 9.17) is 5.73 Å². The second kappa shape index (κ2) is 9.80. The van der Waals surface area contributed by atoms with Crippen LogP contribution in [-0.4, -0.2) is 18.5 Å². The summed E-state index contributed by atoms with van der Waals surface area (Å²) >= 11 is 0. The summed E-state index contributed by atoms with van der Waals surface area (Å²) in [6.45, 7) is 9.28. The van der Waals surface area contributed by atoms with Crippen LogP contribution >= 0.6 is 0 Å². The van der Waals surface area contributed by atoms with Gasteiger partial charge in [0.1, 0.15) is 0 Å². The third-order valence-electron chi connectivity index (χ3n) is 6.79. The Morgan fingerprint density at radius 3 is 2.42 bits per heavy atom. The number of fused-ring (bicyclic) bond motifs is 1. The summed E-state index contributed by atoms with van der Waals surface area (Å²) in [6.07, 6.45) is 2.28. The summed E-state index contributed by atoms with van der Waals surface area (Å²) in [5.41, 5.74) is 17.3. The fourth-order valence-electron chi connectivity index (χ4n) is 5.00. The van der Waals surface area contributed by atoms with Crippen molar-refractivity contribution in [2.45, 2.75) is 59.0 Å². The average molecular weight is 442 g/mol. The Bertz CT molecular complexity index is 1130. The highest BCUT2D eigenvalue weighted by molar-refractivity contribution is 5.83. The molecule has 4 heteroatoms. The number of amides is 1. The Balaban J connectivity index is 1.51. The molecule has 3 aromatic rings. The van der Waals surface area contributed by atoms with Crippen molar-refractivity contribution in [3.8, 4) is 0 Å². The van der Waals surface area contributed by atoms with Crippen molar-refractivity contribution >= 4 is 11.6 Å². The van der Waals surface area contributed by atoms with E-state index in [0.29, 0.717) is 6.42 Å². The molecule has 1 aliphatic heterocycles. The topological polar surface area (TPSA) is 67.2 Å². The van der Waals surface area contributed by atoms with Crippen LogP contribution in [0.25, 0.3) is 0 Å². The maximum Gasteiger partial charge on any atom is 0.237 e. The zero-order chi connectivity index (χ0) is 23.5. The van der Waals surface area contributed by atoms with E-state index in [1.807, 2.05) is 6.07 Å². The second-order valence-corrected chi connectivity index (χ2v) is 9.49. The standard InChI is InChI=1S/C29H35N3O/c1-18-12-20(3)24(21(4)13-18)17-26(30)29(33)32-27-10-11-31-28-14-19(2)23(16-25(27)28)15-22-8-6-5-7-9-22/h5-9,12-14,16,26-27,31H,10-11,15,17,30H2,1-4H3,(H,32,33)/t26-,27+/m0/s1. The monoisotopic (exact) mass is 441 g/mol. The van der Waals surface area contributed by atoms with Crippen molar-refractivity contribution < 1.29 is 4.79 Å². The molecular formula is C29H35N3O. The summed E-state index contributed by atoms with van der Waals surface area (Å²) < 4.78 is 0. The molecule has 3 aromatic carbocycles. The van der Waals surface area contributed by atoms with Crippen molar-refractivity contribution in [2.75, 3.05) is 11.9 Å². The first kappa shape index (κ1) is 23.1. The highest BCUT2D eigenvalue weighted by Gasteiger charge is 2.25. The van der Waals surface area contributed by atoms with Gasteiger partial charge in [-0.3, -0.25) is 4.79 Å². The highest BCUT2D eigenvalue weighted by Crippen LogP contribution is 2.33. The minimum Gasteiger partial charge on any atom is -0.385 e. The molecule has 0 aliphatic carbocycles. The van der Waals surface area contributed by atoms with E-state index >= 15 is 0 Å². The van der Waals surface area contributed by atoms with Gasteiger partial charge in [-0.25, -0.2) is 0 Å². The first-order chi connectivity index (χ1) is 15.8.